The van der Waals surface area contributed by atoms with Gasteiger partial charge in [0.2, 0.25) is 0 Å². The monoisotopic (exact) mass is 425 g/mol. The van der Waals surface area contributed by atoms with Crippen molar-refractivity contribution in [2.24, 2.45) is 5.73 Å². The third-order valence-corrected chi connectivity index (χ3v) is 5.65. The van der Waals surface area contributed by atoms with E-state index in [0.717, 1.165) is 24.8 Å². The molecule has 0 radical (unpaired) electrons. The molecule has 154 valence electrons. The predicted octanol–water partition coefficient (Wildman–Crippen LogP) is 3.46. The van der Waals surface area contributed by atoms with E-state index in [1.807, 2.05) is 19.1 Å². The van der Waals surface area contributed by atoms with Gasteiger partial charge in [-0.2, -0.15) is 0 Å². The molecule has 28 heavy (non-hydrogen) atoms. The lowest BCUT2D eigenvalue weighted by Gasteiger charge is -2.16. The van der Waals surface area contributed by atoms with Gasteiger partial charge in [0.25, 0.3) is 15.9 Å². The fourth-order valence-corrected chi connectivity index (χ4v) is 3.65. The van der Waals surface area contributed by atoms with E-state index in [1.165, 1.54) is 24.3 Å². The van der Waals surface area contributed by atoms with Gasteiger partial charge in [-0.1, -0.05) is 37.5 Å². The zero-order valence-electron chi connectivity index (χ0n) is 16.1. The highest BCUT2D eigenvalue weighted by molar-refractivity contribution is 7.92. The minimum atomic E-state index is -3.71. The number of aryl methyl sites for hydroxylation is 1. The van der Waals surface area contributed by atoms with Crippen molar-refractivity contribution in [2.45, 2.75) is 44.0 Å². The Labute approximate surface area is 173 Å². The summed E-state index contributed by atoms with van der Waals surface area (Å²) in [4.78, 5) is 12.4. The zero-order valence-corrected chi connectivity index (χ0v) is 17.8. The molecule has 2 aromatic carbocycles. The van der Waals surface area contributed by atoms with Crippen LogP contribution >= 0.6 is 12.4 Å². The number of sulfonamides is 1. The van der Waals surface area contributed by atoms with E-state index in [0.29, 0.717) is 17.8 Å². The van der Waals surface area contributed by atoms with Crippen molar-refractivity contribution in [3.63, 3.8) is 0 Å². The standard InChI is InChI=1S/C20H27N3O3S.ClH/c1-3-4-5-18(14-21)22-20(24)16-8-12-19(13-9-16)27(25,26)23-17-10-6-15(2)7-11-17;/h6-13,18,23H,3-5,14,21H2,1-2H3,(H,22,24);1H. The Kier molecular flexibility index (Phi) is 9.45. The molecule has 0 aliphatic carbocycles. The number of unbranched alkanes of at least 4 members (excludes halogenated alkanes) is 1. The smallest absolute Gasteiger partial charge is 0.261 e. The Bertz CT molecular complexity index is 853. The van der Waals surface area contributed by atoms with E-state index >= 15 is 0 Å². The molecule has 0 spiro atoms. The highest BCUT2D eigenvalue weighted by Crippen LogP contribution is 2.17. The quantitative estimate of drug-likeness (QED) is 0.572. The van der Waals surface area contributed by atoms with Gasteiger partial charge in [0.1, 0.15) is 0 Å². The van der Waals surface area contributed by atoms with Crippen molar-refractivity contribution < 1.29 is 13.2 Å². The maximum atomic E-state index is 12.5. The van der Waals surface area contributed by atoms with Crippen molar-refractivity contribution in [3.8, 4) is 0 Å². The first-order valence-electron chi connectivity index (χ1n) is 9.06. The second-order valence-electron chi connectivity index (χ2n) is 6.54. The molecule has 1 amide bonds. The number of hydrogen-bond donors (Lipinski definition) is 3. The number of hydrogen-bond acceptors (Lipinski definition) is 4. The van der Waals surface area contributed by atoms with Crippen LogP contribution in [0.5, 0.6) is 0 Å². The van der Waals surface area contributed by atoms with Crippen LogP contribution in [0.25, 0.3) is 0 Å². The third-order valence-electron chi connectivity index (χ3n) is 4.26. The van der Waals surface area contributed by atoms with E-state index in [4.69, 9.17) is 5.73 Å². The summed E-state index contributed by atoms with van der Waals surface area (Å²) in [7, 11) is -3.71. The first-order valence-corrected chi connectivity index (χ1v) is 10.5. The number of nitrogens with two attached hydrogens (primary N) is 1. The maximum absolute atomic E-state index is 12.5. The van der Waals surface area contributed by atoms with Gasteiger partial charge in [-0.25, -0.2) is 8.42 Å². The van der Waals surface area contributed by atoms with Crippen molar-refractivity contribution in [1.82, 2.24) is 5.32 Å². The molecule has 0 saturated heterocycles. The molecule has 2 rings (SSSR count). The number of benzene rings is 2. The lowest BCUT2D eigenvalue weighted by molar-refractivity contribution is 0.0935. The zero-order chi connectivity index (χ0) is 19.9. The molecule has 0 saturated carbocycles. The average Bonchev–Trinajstić information content (AvgIpc) is 2.66. The van der Waals surface area contributed by atoms with Gasteiger partial charge in [0.05, 0.1) is 4.90 Å². The first kappa shape index (κ1) is 23.9. The van der Waals surface area contributed by atoms with Crippen LogP contribution in [-0.2, 0) is 10.0 Å². The second kappa shape index (κ2) is 11.0. The number of rotatable bonds is 9. The molecule has 1 atom stereocenters. The summed E-state index contributed by atoms with van der Waals surface area (Å²) in [5.74, 6) is -0.253. The summed E-state index contributed by atoms with van der Waals surface area (Å²) in [5.41, 5.74) is 7.64. The number of carbonyl (C=O) groups is 1. The Morgan fingerprint density at radius 2 is 1.68 bits per heavy atom. The van der Waals surface area contributed by atoms with Gasteiger partial charge < -0.3 is 11.1 Å². The topological polar surface area (TPSA) is 101 Å². The van der Waals surface area contributed by atoms with E-state index < -0.39 is 10.0 Å². The molecule has 0 aliphatic heterocycles. The van der Waals surface area contributed by atoms with Crippen molar-refractivity contribution in [3.05, 3.63) is 59.7 Å². The Morgan fingerprint density at radius 3 is 2.21 bits per heavy atom. The fraction of sp³-hybridized carbons (Fsp3) is 0.350. The number of amides is 1. The largest absolute Gasteiger partial charge is 0.348 e. The molecule has 0 heterocycles. The summed E-state index contributed by atoms with van der Waals surface area (Å²) >= 11 is 0. The van der Waals surface area contributed by atoms with Crippen LogP contribution in [0.15, 0.2) is 53.4 Å². The average molecular weight is 426 g/mol. The van der Waals surface area contributed by atoms with Crippen molar-refractivity contribution in [2.75, 3.05) is 11.3 Å². The molecule has 8 heteroatoms. The summed E-state index contributed by atoms with van der Waals surface area (Å²) in [6.45, 7) is 4.39. The third kappa shape index (κ3) is 6.82. The van der Waals surface area contributed by atoms with Gasteiger partial charge >= 0.3 is 0 Å². The first-order chi connectivity index (χ1) is 12.9. The molecular weight excluding hydrogens is 398 g/mol. The summed E-state index contributed by atoms with van der Waals surface area (Å²) < 4.78 is 27.5. The number of carbonyl (C=O) groups excluding carboxylic acids is 1. The summed E-state index contributed by atoms with van der Waals surface area (Å²) in [6, 6.07) is 12.9. The molecule has 1 unspecified atom stereocenters. The Balaban J connectivity index is 0.00000392. The van der Waals surface area contributed by atoms with E-state index in [-0.39, 0.29) is 29.3 Å². The van der Waals surface area contributed by atoms with E-state index in [1.54, 1.807) is 12.1 Å². The second-order valence-corrected chi connectivity index (χ2v) is 8.23. The van der Waals surface area contributed by atoms with Crippen LogP contribution in [0.3, 0.4) is 0 Å². The normalized spacial score (nSPS) is 12.0. The van der Waals surface area contributed by atoms with Gasteiger partial charge in [-0.15, -0.1) is 12.4 Å². The minimum absolute atomic E-state index is 0. The van der Waals surface area contributed by atoms with Crippen LogP contribution in [0.2, 0.25) is 0 Å². The van der Waals surface area contributed by atoms with Crippen LogP contribution < -0.4 is 15.8 Å². The summed E-state index contributed by atoms with van der Waals surface area (Å²) in [6.07, 6.45) is 2.85. The predicted molar refractivity (Wildman–Crippen MR) is 116 cm³/mol. The Morgan fingerprint density at radius 1 is 1.07 bits per heavy atom. The van der Waals surface area contributed by atoms with Crippen LogP contribution in [-0.4, -0.2) is 26.9 Å². The minimum Gasteiger partial charge on any atom is -0.348 e. The SMILES string of the molecule is CCCCC(CN)NC(=O)c1ccc(S(=O)(=O)Nc2ccc(C)cc2)cc1.Cl. The van der Waals surface area contributed by atoms with Gasteiger partial charge in [0, 0.05) is 23.8 Å². The molecular formula is C20H28ClN3O3S. The summed E-state index contributed by atoms with van der Waals surface area (Å²) in [5, 5.41) is 2.89. The van der Waals surface area contributed by atoms with Gasteiger partial charge in [0.15, 0.2) is 0 Å². The number of anilines is 1. The lowest BCUT2D eigenvalue weighted by atomic mass is 10.1. The van der Waals surface area contributed by atoms with Gasteiger partial charge in [-0.3, -0.25) is 9.52 Å². The fourth-order valence-electron chi connectivity index (χ4n) is 2.59. The Hall–Kier alpha value is -2.09. The van der Waals surface area contributed by atoms with Crippen molar-refractivity contribution in [1.29, 1.82) is 0 Å². The van der Waals surface area contributed by atoms with Crippen LogP contribution in [0.4, 0.5) is 5.69 Å². The molecule has 0 fully saturated rings. The molecule has 0 aromatic heterocycles. The highest BCUT2D eigenvalue weighted by Gasteiger charge is 2.16. The van der Waals surface area contributed by atoms with Crippen molar-refractivity contribution >= 4 is 34.0 Å². The molecule has 6 nitrogen and oxygen atoms in total. The number of nitrogens with one attached hydrogen (secondary N) is 2. The van der Waals surface area contributed by atoms with Crippen LogP contribution in [0.1, 0.15) is 42.1 Å². The molecule has 0 bridgehead atoms. The molecule has 0 aliphatic rings. The molecule has 4 N–H and O–H groups in total. The maximum Gasteiger partial charge on any atom is 0.261 e. The molecule has 2 aromatic rings. The highest BCUT2D eigenvalue weighted by atomic mass is 35.5. The van der Waals surface area contributed by atoms with E-state index in [9.17, 15) is 13.2 Å². The van der Waals surface area contributed by atoms with E-state index in [2.05, 4.69) is 17.0 Å². The van der Waals surface area contributed by atoms with Crippen LogP contribution in [0, 0.1) is 6.92 Å². The lowest BCUT2D eigenvalue weighted by Crippen LogP contribution is -2.40. The number of halogens is 1. The van der Waals surface area contributed by atoms with Gasteiger partial charge in [-0.05, 0) is 49.7 Å².